The molecular weight excluding hydrogens is 234 g/mol. The number of nitrogens with one attached hydrogen (secondary N) is 1. The summed E-state index contributed by atoms with van der Waals surface area (Å²) in [5.74, 6) is 4.37. The summed E-state index contributed by atoms with van der Waals surface area (Å²) in [5, 5.41) is 4.97. The predicted molar refractivity (Wildman–Crippen MR) is 56.0 cm³/mol. The van der Waals surface area contributed by atoms with Gasteiger partial charge >= 0.3 is 0 Å². The average Bonchev–Trinajstić information content (AvgIpc) is 2.26. The molecule has 0 spiro atoms. The van der Waals surface area contributed by atoms with Crippen LogP contribution in [0.2, 0.25) is 0 Å². The van der Waals surface area contributed by atoms with E-state index in [9.17, 15) is 13.2 Å². The zero-order valence-corrected chi connectivity index (χ0v) is 9.24. The van der Waals surface area contributed by atoms with E-state index in [0.29, 0.717) is 0 Å². The molecule has 88 valence electrons. The normalized spacial score (nSPS) is 10.9. The van der Waals surface area contributed by atoms with Crippen molar-refractivity contribution in [2.24, 2.45) is 11.0 Å². The summed E-state index contributed by atoms with van der Waals surface area (Å²) in [5.41, 5.74) is 1.96. The number of amides is 1. The van der Waals surface area contributed by atoms with Crippen molar-refractivity contribution in [2.45, 2.75) is 4.90 Å². The lowest BCUT2D eigenvalue weighted by atomic mass is 10.2. The third-order valence-electron chi connectivity index (χ3n) is 1.86. The summed E-state index contributed by atoms with van der Waals surface area (Å²) in [4.78, 5) is 10.9. The van der Waals surface area contributed by atoms with Crippen LogP contribution < -0.4 is 21.1 Å². The van der Waals surface area contributed by atoms with Gasteiger partial charge < -0.3 is 4.74 Å². The maximum absolute atomic E-state index is 11.2. The van der Waals surface area contributed by atoms with Gasteiger partial charge in [0.25, 0.3) is 5.91 Å². The summed E-state index contributed by atoms with van der Waals surface area (Å²) >= 11 is 0. The lowest BCUT2D eigenvalue weighted by Crippen LogP contribution is -2.30. The van der Waals surface area contributed by atoms with Gasteiger partial charge in [-0.1, -0.05) is 0 Å². The van der Waals surface area contributed by atoms with Crippen molar-refractivity contribution in [2.75, 3.05) is 7.11 Å². The van der Waals surface area contributed by atoms with E-state index >= 15 is 0 Å². The van der Waals surface area contributed by atoms with Gasteiger partial charge in [-0.3, -0.25) is 10.2 Å². The summed E-state index contributed by atoms with van der Waals surface area (Å²) in [7, 11) is -2.66. The molecule has 0 aromatic heterocycles. The molecule has 5 N–H and O–H groups in total. The largest absolute Gasteiger partial charge is 0.495 e. The number of hydrogen-bond acceptors (Lipinski definition) is 5. The van der Waals surface area contributed by atoms with Crippen LogP contribution in [0, 0.1) is 0 Å². The Bertz CT molecular complexity index is 512. The molecule has 8 heteroatoms. The van der Waals surface area contributed by atoms with Crippen LogP contribution in [0.4, 0.5) is 0 Å². The fourth-order valence-corrected chi connectivity index (χ4v) is 1.85. The first-order chi connectivity index (χ1) is 7.40. The maximum Gasteiger partial charge on any atom is 0.265 e. The minimum atomic E-state index is -3.96. The number of sulfonamides is 1. The van der Waals surface area contributed by atoms with Gasteiger partial charge in [-0.15, -0.1) is 0 Å². The third-order valence-corrected chi connectivity index (χ3v) is 2.80. The standard InChI is InChI=1S/C8H11N3O4S/c1-15-6-3-2-5(8(12)11-9)4-7(6)16(10,13)14/h2-4H,9H2,1H3,(H,11,12)(H2,10,13,14). The zero-order chi connectivity index (χ0) is 12.3. The monoisotopic (exact) mass is 245 g/mol. The topological polar surface area (TPSA) is 125 Å². The minimum Gasteiger partial charge on any atom is -0.495 e. The van der Waals surface area contributed by atoms with Crippen LogP contribution in [0.3, 0.4) is 0 Å². The van der Waals surface area contributed by atoms with Gasteiger partial charge in [0.1, 0.15) is 10.6 Å². The van der Waals surface area contributed by atoms with Crippen molar-refractivity contribution >= 4 is 15.9 Å². The Morgan fingerprint density at radius 2 is 2.06 bits per heavy atom. The highest BCUT2D eigenvalue weighted by Crippen LogP contribution is 2.23. The summed E-state index contributed by atoms with van der Waals surface area (Å²) in [6, 6.07) is 3.79. The zero-order valence-electron chi connectivity index (χ0n) is 8.43. The van der Waals surface area contributed by atoms with Crippen molar-refractivity contribution in [3.63, 3.8) is 0 Å². The van der Waals surface area contributed by atoms with Crippen LogP contribution in [0.15, 0.2) is 23.1 Å². The second-order valence-electron chi connectivity index (χ2n) is 2.88. The Kier molecular flexibility index (Phi) is 3.48. The predicted octanol–water partition coefficient (Wildman–Crippen LogP) is -1.05. The first kappa shape index (κ1) is 12.4. The van der Waals surface area contributed by atoms with Gasteiger partial charge in [0.2, 0.25) is 10.0 Å². The molecule has 0 aliphatic carbocycles. The van der Waals surface area contributed by atoms with Gasteiger partial charge in [-0.25, -0.2) is 19.4 Å². The molecule has 0 aliphatic rings. The van der Waals surface area contributed by atoms with Gasteiger partial charge in [-0.2, -0.15) is 0 Å². The van der Waals surface area contributed by atoms with Gasteiger partial charge in [0.05, 0.1) is 7.11 Å². The van der Waals surface area contributed by atoms with Crippen LogP contribution >= 0.6 is 0 Å². The molecule has 0 saturated carbocycles. The highest BCUT2D eigenvalue weighted by molar-refractivity contribution is 7.89. The van der Waals surface area contributed by atoms with E-state index in [1.807, 2.05) is 5.43 Å². The number of methoxy groups -OCH3 is 1. The Hall–Kier alpha value is -1.64. The number of carbonyl (C=O) groups is 1. The molecule has 0 radical (unpaired) electrons. The molecule has 0 unspecified atom stereocenters. The molecule has 0 aliphatic heterocycles. The fraction of sp³-hybridized carbons (Fsp3) is 0.125. The summed E-state index contributed by atoms with van der Waals surface area (Å²) < 4.78 is 27.2. The van der Waals surface area contributed by atoms with Crippen molar-refractivity contribution in [3.8, 4) is 5.75 Å². The molecule has 1 amide bonds. The average molecular weight is 245 g/mol. The molecule has 0 fully saturated rings. The first-order valence-corrected chi connectivity index (χ1v) is 5.66. The smallest absolute Gasteiger partial charge is 0.265 e. The molecular formula is C8H11N3O4S. The molecule has 16 heavy (non-hydrogen) atoms. The molecule has 1 aromatic rings. The fourth-order valence-electron chi connectivity index (χ4n) is 1.12. The molecule has 7 nitrogen and oxygen atoms in total. The SMILES string of the molecule is COc1ccc(C(=O)NN)cc1S(N)(=O)=O. The Balaban J connectivity index is 3.39. The van der Waals surface area contributed by atoms with Crippen molar-refractivity contribution in [1.29, 1.82) is 0 Å². The quantitative estimate of drug-likeness (QED) is 0.356. The van der Waals surface area contributed by atoms with E-state index in [1.165, 1.54) is 19.2 Å². The molecule has 0 saturated heterocycles. The molecule has 1 aromatic carbocycles. The number of primary sulfonamides is 1. The second kappa shape index (κ2) is 4.47. The third kappa shape index (κ3) is 2.48. The van der Waals surface area contributed by atoms with Gasteiger partial charge in [-0.05, 0) is 18.2 Å². The Labute approximate surface area is 92.4 Å². The van der Waals surface area contributed by atoms with Crippen molar-refractivity contribution in [3.05, 3.63) is 23.8 Å². The number of hydrogen-bond donors (Lipinski definition) is 3. The van der Waals surface area contributed by atoms with Crippen LogP contribution in [0.25, 0.3) is 0 Å². The van der Waals surface area contributed by atoms with Crippen LogP contribution in [-0.4, -0.2) is 21.4 Å². The van der Waals surface area contributed by atoms with Gasteiger partial charge in [0.15, 0.2) is 0 Å². The van der Waals surface area contributed by atoms with Crippen LogP contribution in [-0.2, 0) is 10.0 Å². The number of nitrogen functional groups attached to an aromatic ring is 1. The van der Waals surface area contributed by atoms with E-state index in [0.717, 1.165) is 6.07 Å². The Morgan fingerprint density at radius 1 is 1.44 bits per heavy atom. The molecule has 0 atom stereocenters. The van der Waals surface area contributed by atoms with Crippen molar-refractivity contribution < 1.29 is 17.9 Å². The first-order valence-electron chi connectivity index (χ1n) is 4.12. The highest BCUT2D eigenvalue weighted by Gasteiger charge is 2.17. The number of carbonyl (C=O) groups excluding carboxylic acids is 1. The summed E-state index contributed by atoms with van der Waals surface area (Å²) in [6.45, 7) is 0. The van der Waals surface area contributed by atoms with Gasteiger partial charge in [0, 0.05) is 5.56 Å². The van der Waals surface area contributed by atoms with E-state index in [4.69, 9.17) is 15.7 Å². The molecule has 1 rings (SSSR count). The summed E-state index contributed by atoms with van der Waals surface area (Å²) in [6.07, 6.45) is 0. The number of benzene rings is 1. The Morgan fingerprint density at radius 3 is 2.50 bits per heavy atom. The van der Waals surface area contributed by atoms with E-state index in [2.05, 4.69) is 0 Å². The minimum absolute atomic E-state index is 0.0658. The molecule has 0 bridgehead atoms. The molecule has 0 heterocycles. The van der Waals surface area contributed by atoms with Crippen molar-refractivity contribution in [1.82, 2.24) is 5.43 Å². The lowest BCUT2D eigenvalue weighted by Gasteiger charge is -2.08. The number of rotatable bonds is 3. The van der Waals surface area contributed by atoms with Crippen LogP contribution in [0.1, 0.15) is 10.4 Å². The number of nitrogens with two attached hydrogens (primary N) is 2. The number of ether oxygens (including phenoxy) is 1. The van der Waals surface area contributed by atoms with Crippen LogP contribution in [0.5, 0.6) is 5.75 Å². The lowest BCUT2D eigenvalue weighted by molar-refractivity contribution is 0.0953. The highest BCUT2D eigenvalue weighted by atomic mass is 32.2. The van der Waals surface area contributed by atoms with E-state index in [1.54, 1.807) is 0 Å². The maximum atomic E-state index is 11.2. The van der Waals surface area contributed by atoms with E-state index < -0.39 is 15.9 Å². The second-order valence-corrected chi connectivity index (χ2v) is 4.41. The number of hydrazine groups is 1. The van der Waals surface area contributed by atoms with E-state index in [-0.39, 0.29) is 16.2 Å².